The second kappa shape index (κ2) is 5.58. The summed E-state index contributed by atoms with van der Waals surface area (Å²) in [7, 11) is 0. The van der Waals surface area contributed by atoms with Crippen LogP contribution in [0, 0.1) is 6.92 Å². The van der Waals surface area contributed by atoms with E-state index in [9.17, 15) is 0 Å². The Bertz CT molecular complexity index is 517. The summed E-state index contributed by atoms with van der Waals surface area (Å²) in [4.78, 5) is 0. The molecule has 0 unspecified atom stereocenters. The molecule has 0 heterocycles. The van der Waals surface area contributed by atoms with Crippen LogP contribution in [0.4, 0.5) is 5.69 Å². The van der Waals surface area contributed by atoms with Gasteiger partial charge in [-0.05, 0) is 54.3 Å². The Kier molecular flexibility index (Phi) is 3.88. The third-order valence-corrected chi connectivity index (χ3v) is 2.90. The second-order valence-corrected chi connectivity index (χ2v) is 4.45. The van der Waals surface area contributed by atoms with Crippen molar-refractivity contribution < 1.29 is 4.74 Å². The number of nitrogens with two attached hydrogens (primary N) is 1. The highest BCUT2D eigenvalue weighted by Crippen LogP contribution is 2.27. The van der Waals surface area contributed by atoms with Crippen LogP contribution in [0.2, 0.25) is 0 Å². The molecule has 0 aliphatic heterocycles. The Morgan fingerprint density at radius 2 is 1.78 bits per heavy atom. The minimum Gasteiger partial charge on any atom is -0.494 e. The maximum Gasteiger partial charge on any atom is 0.119 e. The normalized spacial score (nSPS) is 10.3. The molecule has 0 aliphatic rings. The fourth-order valence-corrected chi connectivity index (χ4v) is 1.90. The molecule has 2 aromatic rings. The topological polar surface area (TPSA) is 35.2 Å². The minimum atomic E-state index is 0.761. The molecule has 94 valence electrons. The summed E-state index contributed by atoms with van der Waals surface area (Å²) in [6, 6.07) is 14.2. The molecule has 0 aromatic heterocycles. The number of ether oxygens (including phenoxy) is 1. The van der Waals surface area contributed by atoms with E-state index >= 15 is 0 Å². The molecule has 0 saturated carbocycles. The molecule has 18 heavy (non-hydrogen) atoms. The first-order valence-electron chi connectivity index (χ1n) is 6.30. The SMILES string of the molecule is CCCOc1ccc(-c2cc(N)ccc2C)cc1. The highest BCUT2D eigenvalue weighted by Gasteiger charge is 2.03. The summed E-state index contributed by atoms with van der Waals surface area (Å²) in [5.74, 6) is 0.919. The van der Waals surface area contributed by atoms with Crippen molar-refractivity contribution in [3.8, 4) is 16.9 Å². The van der Waals surface area contributed by atoms with Gasteiger partial charge < -0.3 is 10.5 Å². The van der Waals surface area contributed by atoms with Gasteiger partial charge in [-0.3, -0.25) is 0 Å². The zero-order chi connectivity index (χ0) is 13.0. The lowest BCUT2D eigenvalue weighted by Crippen LogP contribution is -1.94. The lowest BCUT2D eigenvalue weighted by Gasteiger charge is -2.09. The standard InChI is InChI=1S/C16H19NO/c1-3-10-18-15-8-5-13(6-9-15)16-11-14(17)7-4-12(16)2/h4-9,11H,3,10,17H2,1-2H3. The molecule has 2 aromatic carbocycles. The van der Waals surface area contributed by atoms with Gasteiger partial charge in [-0.15, -0.1) is 0 Å². The van der Waals surface area contributed by atoms with Gasteiger partial charge in [0.2, 0.25) is 0 Å². The van der Waals surface area contributed by atoms with E-state index < -0.39 is 0 Å². The fraction of sp³-hybridized carbons (Fsp3) is 0.250. The van der Waals surface area contributed by atoms with E-state index in [4.69, 9.17) is 10.5 Å². The number of anilines is 1. The van der Waals surface area contributed by atoms with Crippen LogP contribution in [0.1, 0.15) is 18.9 Å². The average molecular weight is 241 g/mol. The summed E-state index contributed by atoms with van der Waals surface area (Å²) in [6.07, 6.45) is 1.02. The monoisotopic (exact) mass is 241 g/mol. The van der Waals surface area contributed by atoms with Crippen LogP contribution < -0.4 is 10.5 Å². The third-order valence-electron chi connectivity index (χ3n) is 2.90. The lowest BCUT2D eigenvalue weighted by atomic mass is 10.00. The molecule has 2 heteroatoms. The van der Waals surface area contributed by atoms with Gasteiger partial charge in [-0.25, -0.2) is 0 Å². The van der Waals surface area contributed by atoms with E-state index in [2.05, 4.69) is 26.0 Å². The van der Waals surface area contributed by atoms with Gasteiger partial charge in [0.1, 0.15) is 5.75 Å². The van der Waals surface area contributed by atoms with Gasteiger partial charge in [-0.1, -0.05) is 25.1 Å². The number of aryl methyl sites for hydroxylation is 1. The number of rotatable bonds is 4. The summed E-state index contributed by atoms with van der Waals surface area (Å²) >= 11 is 0. The smallest absolute Gasteiger partial charge is 0.119 e. The molecule has 0 spiro atoms. The number of nitrogen functional groups attached to an aromatic ring is 1. The van der Waals surface area contributed by atoms with Crippen molar-refractivity contribution in [2.45, 2.75) is 20.3 Å². The van der Waals surface area contributed by atoms with Crippen LogP contribution >= 0.6 is 0 Å². The molecule has 2 rings (SSSR count). The average Bonchev–Trinajstić information content (AvgIpc) is 2.40. The largest absolute Gasteiger partial charge is 0.494 e. The first-order valence-corrected chi connectivity index (χ1v) is 6.30. The van der Waals surface area contributed by atoms with Gasteiger partial charge in [0.15, 0.2) is 0 Å². The van der Waals surface area contributed by atoms with Crippen molar-refractivity contribution in [3.05, 3.63) is 48.0 Å². The summed E-state index contributed by atoms with van der Waals surface area (Å²) in [6.45, 7) is 4.96. The van der Waals surface area contributed by atoms with Gasteiger partial charge in [-0.2, -0.15) is 0 Å². The van der Waals surface area contributed by atoms with E-state index in [1.54, 1.807) is 0 Å². The Morgan fingerprint density at radius 3 is 2.44 bits per heavy atom. The van der Waals surface area contributed by atoms with E-state index in [0.29, 0.717) is 0 Å². The Balaban J connectivity index is 2.25. The van der Waals surface area contributed by atoms with Crippen molar-refractivity contribution in [1.29, 1.82) is 0 Å². The van der Waals surface area contributed by atoms with Crippen molar-refractivity contribution in [2.24, 2.45) is 0 Å². The Hall–Kier alpha value is -1.96. The van der Waals surface area contributed by atoms with E-state index in [0.717, 1.165) is 24.5 Å². The van der Waals surface area contributed by atoms with E-state index in [1.165, 1.54) is 16.7 Å². The Labute approximate surface area is 108 Å². The third kappa shape index (κ3) is 2.83. The minimum absolute atomic E-state index is 0.761. The molecule has 0 bridgehead atoms. The molecule has 2 N–H and O–H groups in total. The lowest BCUT2D eigenvalue weighted by molar-refractivity contribution is 0.317. The zero-order valence-electron chi connectivity index (χ0n) is 10.9. The van der Waals surface area contributed by atoms with Crippen LogP contribution in [-0.2, 0) is 0 Å². The first-order chi connectivity index (χ1) is 8.70. The number of hydrogen-bond acceptors (Lipinski definition) is 2. The highest BCUT2D eigenvalue weighted by atomic mass is 16.5. The van der Waals surface area contributed by atoms with Crippen LogP contribution in [0.15, 0.2) is 42.5 Å². The van der Waals surface area contributed by atoms with Gasteiger partial charge in [0.25, 0.3) is 0 Å². The summed E-state index contributed by atoms with van der Waals surface area (Å²) < 4.78 is 5.58. The maximum absolute atomic E-state index is 5.84. The predicted octanol–water partition coefficient (Wildman–Crippen LogP) is 4.03. The maximum atomic E-state index is 5.84. The van der Waals surface area contributed by atoms with Gasteiger partial charge >= 0.3 is 0 Å². The quantitative estimate of drug-likeness (QED) is 0.820. The van der Waals surface area contributed by atoms with E-state index in [-0.39, 0.29) is 0 Å². The van der Waals surface area contributed by atoms with Crippen LogP contribution in [0.5, 0.6) is 5.75 Å². The van der Waals surface area contributed by atoms with Gasteiger partial charge in [0.05, 0.1) is 6.61 Å². The molecule has 0 aliphatic carbocycles. The molecule has 0 radical (unpaired) electrons. The van der Waals surface area contributed by atoms with Crippen molar-refractivity contribution in [3.63, 3.8) is 0 Å². The van der Waals surface area contributed by atoms with Crippen molar-refractivity contribution in [1.82, 2.24) is 0 Å². The first kappa shape index (κ1) is 12.5. The zero-order valence-corrected chi connectivity index (χ0v) is 10.9. The van der Waals surface area contributed by atoms with E-state index in [1.807, 2.05) is 30.3 Å². The molecular weight excluding hydrogens is 222 g/mol. The van der Waals surface area contributed by atoms with Crippen LogP contribution in [0.3, 0.4) is 0 Å². The van der Waals surface area contributed by atoms with Crippen molar-refractivity contribution in [2.75, 3.05) is 12.3 Å². The number of benzene rings is 2. The Morgan fingerprint density at radius 1 is 1.06 bits per heavy atom. The van der Waals surface area contributed by atoms with Crippen molar-refractivity contribution >= 4 is 5.69 Å². The van der Waals surface area contributed by atoms with Crippen LogP contribution in [0.25, 0.3) is 11.1 Å². The highest BCUT2D eigenvalue weighted by molar-refractivity contribution is 5.71. The number of hydrogen-bond donors (Lipinski definition) is 1. The molecular formula is C16H19NO. The second-order valence-electron chi connectivity index (χ2n) is 4.45. The summed E-state index contributed by atoms with van der Waals surface area (Å²) in [5, 5.41) is 0. The molecule has 0 atom stereocenters. The van der Waals surface area contributed by atoms with Crippen LogP contribution in [-0.4, -0.2) is 6.61 Å². The summed E-state index contributed by atoms with van der Waals surface area (Å²) in [5.41, 5.74) is 10.2. The predicted molar refractivity (Wildman–Crippen MR) is 76.8 cm³/mol. The molecule has 0 amide bonds. The molecule has 2 nitrogen and oxygen atoms in total. The fourth-order valence-electron chi connectivity index (χ4n) is 1.90. The molecule has 0 fully saturated rings. The van der Waals surface area contributed by atoms with Gasteiger partial charge in [0, 0.05) is 5.69 Å². The molecule has 0 saturated heterocycles.